The number of rotatable bonds is 7. The molecule has 1 aromatic rings. The zero-order valence-electron chi connectivity index (χ0n) is 10.9. The zero-order valence-corrected chi connectivity index (χ0v) is 10.9. The Hall–Kier alpha value is -1.75. The van der Waals surface area contributed by atoms with Gasteiger partial charge in [0, 0.05) is 20.3 Å². The van der Waals surface area contributed by atoms with Gasteiger partial charge in [-0.05, 0) is 25.5 Å². The molecule has 1 aromatic carbocycles. The van der Waals surface area contributed by atoms with Crippen LogP contribution in [0.2, 0.25) is 0 Å². The summed E-state index contributed by atoms with van der Waals surface area (Å²) in [6.07, 6.45) is 0.875. The molecular weight excluding hydrogens is 232 g/mol. The average Bonchev–Trinajstić information content (AvgIpc) is 2.36. The smallest absolute Gasteiger partial charge is 0.340 e. The van der Waals surface area contributed by atoms with Crippen molar-refractivity contribution in [2.24, 2.45) is 0 Å². The third-order valence-corrected chi connectivity index (χ3v) is 2.44. The molecular formula is C13H20N2O3. The number of nitrogens with one attached hydrogen (secondary N) is 1. The van der Waals surface area contributed by atoms with Crippen molar-refractivity contribution in [3.8, 4) is 0 Å². The monoisotopic (exact) mass is 252 g/mol. The van der Waals surface area contributed by atoms with Gasteiger partial charge in [0.15, 0.2) is 0 Å². The van der Waals surface area contributed by atoms with Gasteiger partial charge in [-0.3, -0.25) is 0 Å². The van der Waals surface area contributed by atoms with E-state index in [1.807, 2.05) is 6.07 Å². The number of carbonyl (C=O) groups excluding carboxylic acids is 1. The molecule has 3 N–H and O–H groups in total. The maximum atomic E-state index is 11.6. The van der Waals surface area contributed by atoms with Crippen molar-refractivity contribution in [1.82, 2.24) is 0 Å². The summed E-state index contributed by atoms with van der Waals surface area (Å²) in [6, 6.07) is 5.28. The fourth-order valence-electron chi connectivity index (χ4n) is 1.55. The maximum absolute atomic E-state index is 11.6. The van der Waals surface area contributed by atoms with Crippen LogP contribution in [0.3, 0.4) is 0 Å². The molecule has 0 radical (unpaired) electrons. The van der Waals surface area contributed by atoms with E-state index < -0.39 is 5.97 Å². The number of methoxy groups -OCH3 is 1. The molecule has 0 heterocycles. The molecule has 100 valence electrons. The van der Waals surface area contributed by atoms with Crippen molar-refractivity contribution in [1.29, 1.82) is 0 Å². The number of hydrogen-bond acceptors (Lipinski definition) is 5. The van der Waals surface area contributed by atoms with E-state index in [1.54, 1.807) is 26.2 Å². The number of nitrogen functional groups attached to an aromatic ring is 1. The first-order chi connectivity index (χ1) is 8.70. The second-order valence-electron chi connectivity index (χ2n) is 3.76. The normalized spacial score (nSPS) is 10.1. The van der Waals surface area contributed by atoms with Gasteiger partial charge in [0.2, 0.25) is 0 Å². The lowest BCUT2D eigenvalue weighted by molar-refractivity contribution is 0.0527. The van der Waals surface area contributed by atoms with E-state index in [0.717, 1.165) is 18.7 Å². The second kappa shape index (κ2) is 7.55. The first-order valence-corrected chi connectivity index (χ1v) is 5.99. The van der Waals surface area contributed by atoms with Crippen LogP contribution in [0.5, 0.6) is 0 Å². The van der Waals surface area contributed by atoms with Crippen molar-refractivity contribution in [2.75, 3.05) is 37.9 Å². The van der Waals surface area contributed by atoms with Gasteiger partial charge >= 0.3 is 5.97 Å². The summed E-state index contributed by atoms with van der Waals surface area (Å²) in [6.45, 7) is 3.53. The Morgan fingerprint density at radius 3 is 2.89 bits per heavy atom. The molecule has 0 atom stereocenters. The number of nitrogens with two attached hydrogens (primary N) is 1. The minimum atomic E-state index is -0.393. The molecule has 0 aliphatic rings. The quantitative estimate of drug-likeness (QED) is 0.440. The predicted molar refractivity (Wildman–Crippen MR) is 71.8 cm³/mol. The number of anilines is 2. The molecule has 0 unspecified atom stereocenters. The number of esters is 1. The summed E-state index contributed by atoms with van der Waals surface area (Å²) in [5, 5.41) is 3.17. The van der Waals surface area contributed by atoms with Gasteiger partial charge in [0.1, 0.15) is 0 Å². The van der Waals surface area contributed by atoms with Crippen LogP contribution in [0, 0.1) is 0 Å². The van der Waals surface area contributed by atoms with Gasteiger partial charge in [-0.25, -0.2) is 4.79 Å². The van der Waals surface area contributed by atoms with Crippen LogP contribution in [0.25, 0.3) is 0 Å². The summed E-state index contributed by atoms with van der Waals surface area (Å²) < 4.78 is 9.90. The van der Waals surface area contributed by atoms with Crippen LogP contribution >= 0.6 is 0 Å². The van der Waals surface area contributed by atoms with Crippen LogP contribution in [0.4, 0.5) is 11.4 Å². The van der Waals surface area contributed by atoms with Gasteiger partial charge in [-0.15, -0.1) is 0 Å². The van der Waals surface area contributed by atoms with Gasteiger partial charge in [-0.2, -0.15) is 0 Å². The SMILES string of the molecule is CCOC(=O)c1cccc(NCCCOC)c1N. The fourth-order valence-corrected chi connectivity index (χ4v) is 1.55. The van der Waals surface area contributed by atoms with E-state index in [0.29, 0.717) is 24.5 Å². The molecule has 0 aromatic heterocycles. The van der Waals surface area contributed by atoms with Crippen molar-refractivity contribution in [2.45, 2.75) is 13.3 Å². The van der Waals surface area contributed by atoms with Crippen molar-refractivity contribution < 1.29 is 14.3 Å². The summed E-state index contributed by atoms with van der Waals surface area (Å²) >= 11 is 0. The molecule has 0 fully saturated rings. The fraction of sp³-hybridized carbons (Fsp3) is 0.462. The highest BCUT2D eigenvalue weighted by molar-refractivity contribution is 5.98. The highest BCUT2D eigenvalue weighted by Gasteiger charge is 2.12. The topological polar surface area (TPSA) is 73.6 Å². The predicted octanol–water partition coefficient (Wildman–Crippen LogP) is 1.89. The number of carbonyl (C=O) groups is 1. The highest BCUT2D eigenvalue weighted by Crippen LogP contribution is 2.23. The Balaban J connectivity index is 2.69. The van der Waals surface area contributed by atoms with Crippen molar-refractivity contribution in [3.05, 3.63) is 23.8 Å². The average molecular weight is 252 g/mol. The number of para-hydroxylation sites is 1. The van der Waals surface area contributed by atoms with Gasteiger partial charge < -0.3 is 20.5 Å². The molecule has 5 heteroatoms. The Bertz CT molecular complexity index is 394. The van der Waals surface area contributed by atoms with E-state index >= 15 is 0 Å². The van der Waals surface area contributed by atoms with E-state index in [-0.39, 0.29) is 0 Å². The largest absolute Gasteiger partial charge is 0.462 e. The van der Waals surface area contributed by atoms with Crippen LogP contribution in [-0.4, -0.2) is 32.8 Å². The van der Waals surface area contributed by atoms with Gasteiger partial charge in [-0.1, -0.05) is 6.07 Å². The third-order valence-electron chi connectivity index (χ3n) is 2.44. The molecule has 5 nitrogen and oxygen atoms in total. The van der Waals surface area contributed by atoms with E-state index in [2.05, 4.69) is 5.32 Å². The standard InChI is InChI=1S/C13H20N2O3/c1-3-18-13(16)10-6-4-7-11(12(10)14)15-8-5-9-17-2/h4,6-7,15H,3,5,8-9,14H2,1-2H3. The molecule has 0 spiro atoms. The first-order valence-electron chi connectivity index (χ1n) is 5.99. The Kier molecular flexibility index (Phi) is 6.00. The molecule has 18 heavy (non-hydrogen) atoms. The maximum Gasteiger partial charge on any atom is 0.340 e. The van der Waals surface area contributed by atoms with Crippen LogP contribution < -0.4 is 11.1 Å². The molecule has 0 saturated carbocycles. The van der Waals surface area contributed by atoms with Crippen LogP contribution in [0.1, 0.15) is 23.7 Å². The lowest BCUT2D eigenvalue weighted by Crippen LogP contribution is -2.11. The summed E-state index contributed by atoms with van der Waals surface area (Å²) in [4.78, 5) is 11.6. The van der Waals surface area contributed by atoms with E-state index in [9.17, 15) is 4.79 Å². The minimum absolute atomic E-state index is 0.337. The molecule has 0 saturated heterocycles. The molecule has 0 aliphatic carbocycles. The van der Waals surface area contributed by atoms with E-state index in [1.165, 1.54) is 0 Å². The van der Waals surface area contributed by atoms with Crippen molar-refractivity contribution >= 4 is 17.3 Å². The Morgan fingerprint density at radius 1 is 1.44 bits per heavy atom. The second-order valence-corrected chi connectivity index (χ2v) is 3.76. The number of ether oxygens (including phenoxy) is 2. The molecule has 0 bridgehead atoms. The summed E-state index contributed by atoms with van der Waals surface area (Å²) in [7, 11) is 1.66. The van der Waals surface area contributed by atoms with Gasteiger partial charge in [0.05, 0.1) is 23.5 Å². The lowest BCUT2D eigenvalue weighted by Gasteiger charge is -2.12. The number of benzene rings is 1. The minimum Gasteiger partial charge on any atom is -0.462 e. The molecule has 1 rings (SSSR count). The Morgan fingerprint density at radius 2 is 2.22 bits per heavy atom. The highest BCUT2D eigenvalue weighted by atomic mass is 16.5. The third kappa shape index (κ3) is 3.92. The zero-order chi connectivity index (χ0) is 13.4. The van der Waals surface area contributed by atoms with Crippen LogP contribution in [0.15, 0.2) is 18.2 Å². The van der Waals surface area contributed by atoms with Crippen LogP contribution in [-0.2, 0) is 9.47 Å². The molecule has 0 aliphatic heterocycles. The van der Waals surface area contributed by atoms with Gasteiger partial charge in [0.25, 0.3) is 0 Å². The Labute approximate surface area is 107 Å². The first kappa shape index (κ1) is 14.3. The lowest BCUT2D eigenvalue weighted by atomic mass is 10.1. The number of hydrogen-bond donors (Lipinski definition) is 2. The van der Waals surface area contributed by atoms with E-state index in [4.69, 9.17) is 15.2 Å². The summed E-state index contributed by atoms with van der Waals surface area (Å²) in [5.74, 6) is -0.393. The van der Waals surface area contributed by atoms with Crippen molar-refractivity contribution in [3.63, 3.8) is 0 Å². The summed E-state index contributed by atoms with van der Waals surface area (Å²) in [5.41, 5.74) is 7.50. The molecule has 0 amide bonds.